The molecule has 2 aliphatic rings. The number of nitrogens with one attached hydrogen (secondary N) is 1. The van der Waals surface area contributed by atoms with Gasteiger partial charge in [-0.1, -0.05) is 44.2 Å². The molecule has 2 aromatic rings. The molecule has 5 unspecified atom stereocenters. The van der Waals surface area contributed by atoms with Crippen molar-refractivity contribution in [1.82, 2.24) is 9.62 Å². The van der Waals surface area contributed by atoms with Crippen molar-refractivity contribution in [2.45, 2.75) is 63.0 Å². The number of benzene rings is 2. The Hall–Kier alpha value is -2.90. The van der Waals surface area contributed by atoms with E-state index in [1.807, 2.05) is 44.2 Å². The van der Waals surface area contributed by atoms with Crippen LogP contribution >= 0.6 is 0 Å². The molecular weight excluding hydrogens is 538 g/mol. The summed E-state index contributed by atoms with van der Waals surface area (Å²) in [5.41, 5.74) is 1.44. The van der Waals surface area contributed by atoms with E-state index in [4.69, 9.17) is 14.2 Å². The average molecular weight is 576 g/mol. The standard InChI is InChI=1S/C28H37N3O8S/c1-18(2)15-31(40(35,36)21-9-10-23(30-34)19(3)13-21)16-25(32)24(14-20-7-5-4-6-8-20)29-28(33)39-26-17-38-27-22(26)11-12-37-27/h4-10,13,18,22,24-27,32H,11-12,14-17H2,1-3H3,(H,29,33). The number of aliphatic hydroxyl groups is 1. The maximum atomic E-state index is 13.7. The van der Waals surface area contributed by atoms with Crippen LogP contribution in [0.3, 0.4) is 0 Å². The highest BCUT2D eigenvalue weighted by Gasteiger charge is 2.44. The normalized spacial score (nSPS) is 22.2. The molecule has 40 heavy (non-hydrogen) atoms. The van der Waals surface area contributed by atoms with E-state index < -0.39 is 34.4 Å². The van der Waals surface area contributed by atoms with E-state index in [2.05, 4.69) is 10.5 Å². The van der Waals surface area contributed by atoms with Gasteiger partial charge in [0.15, 0.2) is 6.29 Å². The van der Waals surface area contributed by atoms with Gasteiger partial charge in [0.25, 0.3) is 0 Å². The van der Waals surface area contributed by atoms with Crippen LogP contribution in [-0.2, 0) is 30.7 Å². The first kappa shape index (κ1) is 30.1. The van der Waals surface area contributed by atoms with Gasteiger partial charge in [-0.3, -0.25) is 0 Å². The number of hydrogen-bond donors (Lipinski definition) is 2. The van der Waals surface area contributed by atoms with E-state index in [-0.39, 0.29) is 54.8 Å². The van der Waals surface area contributed by atoms with Crippen molar-refractivity contribution in [3.63, 3.8) is 0 Å². The minimum atomic E-state index is -4.05. The van der Waals surface area contributed by atoms with Crippen molar-refractivity contribution >= 4 is 21.8 Å². The first-order valence-corrected chi connectivity index (χ1v) is 14.9. The van der Waals surface area contributed by atoms with Gasteiger partial charge in [0.05, 0.1) is 36.2 Å². The van der Waals surface area contributed by atoms with E-state index in [0.717, 1.165) is 12.0 Å². The summed E-state index contributed by atoms with van der Waals surface area (Å²) in [4.78, 5) is 23.9. The fourth-order valence-corrected chi connectivity index (χ4v) is 6.78. The van der Waals surface area contributed by atoms with Crippen LogP contribution in [0.5, 0.6) is 0 Å². The summed E-state index contributed by atoms with van der Waals surface area (Å²) in [6.45, 7) is 6.00. The van der Waals surface area contributed by atoms with E-state index in [9.17, 15) is 23.2 Å². The number of carbonyl (C=O) groups is 1. The van der Waals surface area contributed by atoms with Gasteiger partial charge >= 0.3 is 6.09 Å². The molecule has 0 aliphatic carbocycles. The van der Waals surface area contributed by atoms with Crippen LogP contribution in [-0.4, -0.2) is 74.8 Å². The lowest BCUT2D eigenvalue weighted by atomic mass is 10.0. The molecule has 0 bridgehead atoms. The number of aliphatic hydroxyl groups excluding tert-OH is 1. The maximum absolute atomic E-state index is 13.7. The smallest absolute Gasteiger partial charge is 0.407 e. The monoisotopic (exact) mass is 575 g/mol. The summed E-state index contributed by atoms with van der Waals surface area (Å²) in [7, 11) is -4.05. The predicted octanol–water partition coefficient (Wildman–Crippen LogP) is 3.50. The van der Waals surface area contributed by atoms with Crippen molar-refractivity contribution in [1.29, 1.82) is 0 Å². The van der Waals surface area contributed by atoms with Gasteiger partial charge in [0, 0.05) is 13.1 Å². The number of ether oxygens (including phenoxy) is 3. The van der Waals surface area contributed by atoms with Crippen LogP contribution in [0.4, 0.5) is 10.5 Å². The van der Waals surface area contributed by atoms with Gasteiger partial charge < -0.3 is 24.6 Å². The quantitative estimate of drug-likeness (QED) is 0.366. The van der Waals surface area contributed by atoms with Crippen molar-refractivity contribution in [3.8, 4) is 0 Å². The topological polar surface area (TPSA) is 144 Å². The SMILES string of the molecule is Cc1cc(S(=O)(=O)N(CC(C)C)CC(O)C(Cc2ccccc2)NC(=O)OC2COC3OCCC23)ccc1N=O. The van der Waals surface area contributed by atoms with Crippen LogP contribution in [0, 0.1) is 23.7 Å². The van der Waals surface area contributed by atoms with Gasteiger partial charge in [0.2, 0.25) is 10.0 Å². The third-order valence-electron chi connectivity index (χ3n) is 7.17. The lowest BCUT2D eigenvalue weighted by Crippen LogP contribution is -2.51. The number of nitroso groups, excluding NO2 is 1. The molecule has 2 heterocycles. The Morgan fingerprint density at radius 1 is 1.18 bits per heavy atom. The van der Waals surface area contributed by atoms with Gasteiger partial charge in [-0.15, -0.1) is 4.91 Å². The zero-order chi connectivity index (χ0) is 28.9. The molecule has 2 aromatic carbocycles. The van der Waals surface area contributed by atoms with Crippen molar-refractivity contribution in [2.24, 2.45) is 17.0 Å². The van der Waals surface area contributed by atoms with E-state index >= 15 is 0 Å². The molecule has 2 aliphatic heterocycles. The Balaban J connectivity index is 1.53. The van der Waals surface area contributed by atoms with Crippen molar-refractivity contribution in [2.75, 3.05) is 26.3 Å². The van der Waals surface area contributed by atoms with Gasteiger partial charge in [0.1, 0.15) is 11.8 Å². The number of fused-ring (bicyclic) bond motifs is 1. The number of rotatable bonds is 12. The number of carbonyl (C=O) groups excluding carboxylic acids is 1. The second-order valence-electron chi connectivity index (χ2n) is 10.7. The number of sulfonamides is 1. The molecule has 5 atom stereocenters. The molecule has 0 saturated carbocycles. The van der Waals surface area contributed by atoms with Crippen LogP contribution in [0.1, 0.15) is 31.4 Å². The number of aryl methyl sites for hydroxylation is 1. The zero-order valence-electron chi connectivity index (χ0n) is 22.9. The van der Waals surface area contributed by atoms with E-state index in [1.165, 1.54) is 22.5 Å². The molecule has 4 rings (SSSR count). The summed E-state index contributed by atoms with van der Waals surface area (Å²) in [5.74, 6) is -0.0902. The van der Waals surface area contributed by atoms with Gasteiger partial charge in [-0.05, 0) is 60.2 Å². The van der Waals surface area contributed by atoms with Crippen LogP contribution in [0.2, 0.25) is 0 Å². The highest BCUT2D eigenvalue weighted by molar-refractivity contribution is 7.89. The summed E-state index contributed by atoms with van der Waals surface area (Å²) in [6.07, 6.45) is -1.84. The zero-order valence-corrected chi connectivity index (χ0v) is 23.7. The largest absolute Gasteiger partial charge is 0.443 e. The van der Waals surface area contributed by atoms with E-state index in [0.29, 0.717) is 12.2 Å². The Morgan fingerprint density at radius 2 is 1.93 bits per heavy atom. The molecule has 2 N–H and O–H groups in total. The van der Waals surface area contributed by atoms with Crippen molar-refractivity contribution < 1.29 is 32.5 Å². The number of nitrogens with zero attached hydrogens (tertiary/aromatic N) is 2. The maximum Gasteiger partial charge on any atom is 0.407 e. The molecule has 0 radical (unpaired) electrons. The molecule has 0 aromatic heterocycles. The second kappa shape index (κ2) is 13.2. The molecule has 1 amide bonds. The fraction of sp³-hybridized carbons (Fsp3) is 0.536. The Kier molecular flexibility index (Phi) is 9.90. The summed E-state index contributed by atoms with van der Waals surface area (Å²) >= 11 is 0. The third-order valence-corrected chi connectivity index (χ3v) is 9.00. The first-order valence-electron chi connectivity index (χ1n) is 13.4. The molecule has 0 spiro atoms. The van der Waals surface area contributed by atoms with E-state index in [1.54, 1.807) is 6.92 Å². The third kappa shape index (κ3) is 7.24. The molecule has 11 nitrogen and oxygen atoms in total. The Bertz CT molecular complexity index is 1270. The Morgan fingerprint density at radius 3 is 2.60 bits per heavy atom. The van der Waals surface area contributed by atoms with Gasteiger partial charge in [-0.2, -0.15) is 4.31 Å². The van der Waals surface area contributed by atoms with Crippen molar-refractivity contribution in [3.05, 3.63) is 64.6 Å². The summed E-state index contributed by atoms with van der Waals surface area (Å²) in [6, 6.07) is 12.5. The number of hydrogen-bond acceptors (Lipinski definition) is 9. The highest BCUT2D eigenvalue weighted by Crippen LogP contribution is 2.33. The van der Waals surface area contributed by atoms with Crippen LogP contribution < -0.4 is 5.32 Å². The highest BCUT2D eigenvalue weighted by atomic mass is 32.2. The summed E-state index contributed by atoms with van der Waals surface area (Å²) < 4.78 is 45.2. The Labute approximate surface area is 234 Å². The molecule has 2 fully saturated rings. The molecule has 218 valence electrons. The average Bonchev–Trinajstić information content (AvgIpc) is 3.53. The molecule has 2 saturated heterocycles. The lowest BCUT2D eigenvalue weighted by molar-refractivity contribution is -0.0907. The molecule has 12 heteroatoms. The van der Waals surface area contributed by atoms with Gasteiger partial charge in [-0.25, -0.2) is 13.2 Å². The minimum Gasteiger partial charge on any atom is -0.443 e. The number of alkyl carbamates (subject to hydrolysis) is 1. The van der Waals surface area contributed by atoms with Crippen LogP contribution in [0.15, 0.2) is 58.6 Å². The lowest BCUT2D eigenvalue weighted by Gasteiger charge is -2.31. The minimum absolute atomic E-state index is 0.00759. The predicted molar refractivity (Wildman–Crippen MR) is 147 cm³/mol. The summed E-state index contributed by atoms with van der Waals surface area (Å²) in [5, 5.41) is 17.1. The fourth-order valence-electron chi connectivity index (χ4n) is 5.08. The molecular formula is C28H37N3O8S. The number of amides is 1. The first-order chi connectivity index (χ1) is 19.1. The van der Waals surface area contributed by atoms with Crippen LogP contribution in [0.25, 0.3) is 0 Å². The second-order valence-corrected chi connectivity index (χ2v) is 12.7.